The Labute approximate surface area is 232 Å². The predicted octanol–water partition coefficient (Wildman–Crippen LogP) is 7.48. The van der Waals surface area contributed by atoms with E-state index in [2.05, 4.69) is 32.6 Å². The molecule has 0 bridgehead atoms. The molecule has 38 heavy (non-hydrogen) atoms. The summed E-state index contributed by atoms with van der Waals surface area (Å²) in [5.74, 6) is -0.759. The second-order valence-electron chi connectivity index (χ2n) is 13.2. The van der Waals surface area contributed by atoms with Gasteiger partial charge in [-0.05, 0) is 80.1 Å². The van der Waals surface area contributed by atoms with E-state index in [1.807, 2.05) is 43.3 Å². The molecule has 0 saturated heterocycles. The zero-order valence-electron chi connectivity index (χ0n) is 25.7. The molecule has 0 aromatic heterocycles. The standard InChI is InChI=1S/C31H52O6Si/c1-12-13-14-18-21-31(8,35-22-24-19-16-15-17-20-24)26(37-38(9,10)11)25(36-28(33)30(5,6)7)23-34-27(32)29(2,3)4/h15-21,25-26H,12-14,22-23H2,1-11H3/b21-18-/t25-,26-,31+/m1/s1. The first-order valence-corrected chi connectivity index (χ1v) is 17.2. The molecule has 0 aliphatic carbocycles. The normalized spacial score (nSPS) is 16.1. The summed E-state index contributed by atoms with van der Waals surface area (Å²) >= 11 is 0. The van der Waals surface area contributed by atoms with Crippen LogP contribution in [0.15, 0.2) is 42.5 Å². The third kappa shape index (κ3) is 12.3. The molecule has 0 radical (unpaired) electrons. The SMILES string of the molecule is CCCC/C=C\[C@](C)(OCc1ccccc1)[C@H](O[Si](C)(C)C)[C@@H](COC(=O)C(C)(C)C)OC(=O)C(C)(C)C. The molecule has 216 valence electrons. The van der Waals surface area contributed by atoms with E-state index < -0.39 is 37.0 Å². The van der Waals surface area contributed by atoms with Gasteiger partial charge in [-0.3, -0.25) is 9.59 Å². The number of carbonyl (C=O) groups is 2. The molecule has 0 aliphatic rings. The van der Waals surface area contributed by atoms with Gasteiger partial charge in [0.2, 0.25) is 0 Å². The van der Waals surface area contributed by atoms with Gasteiger partial charge in [0, 0.05) is 0 Å². The van der Waals surface area contributed by atoms with Crippen molar-refractivity contribution in [2.24, 2.45) is 10.8 Å². The van der Waals surface area contributed by atoms with E-state index in [1.165, 1.54) is 0 Å². The van der Waals surface area contributed by atoms with Gasteiger partial charge in [0.1, 0.15) is 18.3 Å². The quantitative estimate of drug-likeness (QED) is 0.104. The molecule has 0 aliphatic heterocycles. The van der Waals surface area contributed by atoms with Crippen molar-refractivity contribution in [1.82, 2.24) is 0 Å². The van der Waals surface area contributed by atoms with Crippen LogP contribution in [-0.4, -0.2) is 44.7 Å². The number of hydrogen-bond donors (Lipinski definition) is 0. The predicted molar refractivity (Wildman–Crippen MR) is 156 cm³/mol. The minimum absolute atomic E-state index is 0.125. The van der Waals surface area contributed by atoms with Crippen molar-refractivity contribution in [2.45, 2.75) is 119 Å². The van der Waals surface area contributed by atoms with Gasteiger partial charge in [0.25, 0.3) is 0 Å². The number of unbranched alkanes of at least 4 members (excludes halogenated alkanes) is 2. The fourth-order valence-electron chi connectivity index (χ4n) is 3.49. The summed E-state index contributed by atoms with van der Waals surface area (Å²) in [5, 5.41) is 0. The Bertz CT molecular complexity index is 892. The van der Waals surface area contributed by atoms with Crippen LogP contribution >= 0.6 is 0 Å². The molecule has 0 unspecified atom stereocenters. The maximum absolute atomic E-state index is 13.1. The van der Waals surface area contributed by atoms with Crippen molar-refractivity contribution in [1.29, 1.82) is 0 Å². The van der Waals surface area contributed by atoms with Crippen LogP contribution in [0.5, 0.6) is 0 Å². The van der Waals surface area contributed by atoms with Crippen molar-refractivity contribution in [2.75, 3.05) is 6.61 Å². The number of carbonyl (C=O) groups excluding carboxylic acids is 2. The smallest absolute Gasteiger partial charge is 0.311 e. The lowest BCUT2D eigenvalue weighted by Gasteiger charge is -2.43. The first-order valence-electron chi connectivity index (χ1n) is 13.8. The Balaban J connectivity index is 3.54. The average Bonchev–Trinajstić information content (AvgIpc) is 2.80. The molecule has 6 nitrogen and oxygen atoms in total. The molecule has 1 aromatic rings. The molecule has 0 saturated carbocycles. The third-order valence-corrected chi connectivity index (χ3v) is 6.77. The fraction of sp³-hybridized carbons (Fsp3) is 0.677. The molecule has 1 aromatic carbocycles. The van der Waals surface area contributed by atoms with Crippen LogP contribution in [0.4, 0.5) is 0 Å². The lowest BCUT2D eigenvalue weighted by molar-refractivity contribution is -0.188. The molecule has 1 rings (SSSR count). The molecular weight excluding hydrogens is 496 g/mol. The molecule has 0 spiro atoms. The lowest BCUT2D eigenvalue weighted by Crippen LogP contribution is -2.56. The molecule has 0 amide bonds. The van der Waals surface area contributed by atoms with Crippen LogP contribution in [-0.2, 0) is 34.8 Å². The van der Waals surface area contributed by atoms with E-state index in [1.54, 1.807) is 41.5 Å². The average molecular weight is 549 g/mol. The topological polar surface area (TPSA) is 71.1 Å². The summed E-state index contributed by atoms with van der Waals surface area (Å²) in [7, 11) is -2.19. The van der Waals surface area contributed by atoms with Crippen molar-refractivity contribution < 1.29 is 28.2 Å². The summed E-state index contributed by atoms with van der Waals surface area (Å²) in [6.07, 6.45) is 5.60. The van der Waals surface area contributed by atoms with Gasteiger partial charge < -0.3 is 18.6 Å². The number of allylic oxidation sites excluding steroid dienone is 1. The number of benzene rings is 1. The van der Waals surface area contributed by atoms with Crippen molar-refractivity contribution >= 4 is 20.3 Å². The van der Waals surface area contributed by atoms with Crippen LogP contribution in [0.3, 0.4) is 0 Å². The van der Waals surface area contributed by atoms with Crippen LogP contribution in [0.2, 0.25) is 19.6 Å². The number of ether oxygens (including phenoxy) is 3. The van der Waals surface area contributed by atoms with Gasteiger partial charge in [0.15, 0.2) is 14.4 Å². The zero-order chi connectivity index (χ0) is 29.2. The lowest BCUT2D eigenvalue weighted by atomic mass is 9.92. The number of esters is 2. The highest BCUT2D eigenvalue weighted by molar-refractivity contribution is 6.69. The summed E-state index contributed by atoms with van der Waals surface area (Å²) in [6.45, 7) is 21.4. The maximum atomic E-state index is 13.1. The van der Waals surface area contributed by atoms with Gasteiger partial charge in [-0.1, -0.05) is 62.2 Å². The van der Waals surface area contributed by atoms with E-state index in [0.717, 1.165) is 24.8 Å². The van der Waals surface area contributed by atoms with E-state index in [0.29, 0.717) is 6.61 Å². The zero-order valence-corrected chi connectivity index (χ0v) is 26.7. The summed E-state index contributed by atoms with van der Waals surface area (Å²) < 4.78 is 25.1. The second-order valence-corrected chi connectivity index (χ2v) is 17.7. The van der Waals surface area contributed by atoms with Crippen LogP contribution in [0, 0.1) is 10.8 Å². The summed E-state index contributed by atoms with van der Waals surface area (Å²) in [5.41, 5.74) is -1.37. The highest BCUT2D eigenvalue weighted by atomic mass is 28.4. The highest BCUT2D eigenvalue weighted by Gasteiger charge is 2.45. The van der Waals surface area contributed by atoms with E-state index in [4.69, 9.17) is 18.6 Å². The Morgan fingerprint density at radius 2 is 1.50 bits per heavy atom. The Kier molecular flexibility index (Phi) is 12.9. The maximum Gasteiger partial charge on any atom is 0.311 e. The van der Waals surface area contributed by atoms with E-state index in [9.17, 15) is 9.59 Å². The molecule has 0 fully saturated rings. The number of hydrogen-bond acceptors (Lipinski definition) is 6. The Morgan fingerprint density at radius 3 is 2.00 bits per heavy atom. The Hall–Kier alpha value is -1.96. The van der Waals surface area contributed by atoms with Crippen molar-refractivity contribution in [3.63, 3.8) is 0 Å². The minimum Gasteiger partial charge on any atom is -0.461 e. The van der Waals surface area contributed by atoms with Gasteiger partial charge in [-0.15, -0.1) is 0 Å². The molecule has 0 N–H and O–H groups in total. The first kappa shape index (κ1) is 34.1. The minimum atomic E-state index is -2.19. The van der Waals surface area contributed by atoms with Crippen molar-refractivity contribution in [3.8, 4) is 0 Å². The van der Waals surface area contributed by atoms with Gasteiger partial charge >= 0.3 is 11.9 Å². The van der Waals surface area contributed by atoms with Crippen LogP contribution in [0.1, 0.15) is 80.2 Å². The number of rotatable bonds is 14. The van der Waals surface area contributed by atoms with Crippen molar-refractivity contribution in [3.05, 3.63) is 48.0 Å². The highest BCUT2D eigenvalue weighted by Crippen LogP contribution is 2.32. The monoisotopic (exact) mass is 548 g/mol. The van der Waals surface area contributed by atoms with Crippen LogP contribution in [0.25, 0.3) is 0 Å². The van der Waals surface area contributed by atoms with Gasteiger partial charge in [-0.25, -0.2) is 0 Å². The first-order chi connectivity index (χ1) is 17.4. The second kappa shape index (κ2) is 14.4. The largest absolute Gasteiger partial charge is 0.461 e. The third-order valence-electron chi connectivity index (χ3n) is 5.81. The molecule has 3 atom stereocenters. The van der Waals surface area contributed by atoms with Gasteiger partial charge in [0.05, 0.1) is 17.4 Å². The molecule has 7 heteroatoms. The van der Waals surface area contributed by atoms with Gasteiger partial charge in [-0.2, -0.15) is 0 Å². The van der Waals surface area contributed by atoms with Crippen LogP contribution < -0.4 is 0 Å². The fourth-order valence-corrected chi connectivity index (χ4v) is 4.64. The van der Waals surface area contributed by atoms with E-state index >= 15 is 0 Å². The molecular formula is C31H52O6Si. The molecule has 0 heterocycles. The summed E-state index contributed by atoms with van der Waals surface area (Å²) in [4.78, 5) is 25.9. The summed E-state index contributed by atoms with van der Waals surface area (Å²) in [6, 6.07) is 9.94. The Morgan fingerprint density at radius 1 is 0.921 bits per heavy atom. The van der Waals surface area contributed by atoms with E-state index in [-0.39, 0.29) is 18.5 Å².